The molecule has 98 valence electrons. The zero-order chi connectivity index (χ0) is 12.5. The summed E-state index contributed by atoms with van der Waals surface area (Å²) in [4.78, 5) is 2.41. The minimum atomic E-state index is 0.284. The van der Waals surface area contributed by atoms with Gasteiger partial charge in [-0.2, -0.15) is 0 Å². The van der Waals surface area contributed by atoms with Crippen LogP contribution in [0, 0.1) is 0 Å². The number of unbranched alkanes of at least 4 members (excludes halogenated alkanes) is 1. The first-order valence-corrected chi connectivity index (χ1v) is 6.76. The first-order valence-electron chi connectivity index (χ1n) is 6.76. The molecule has 0 amide bonds. The fourth-order valence-electron chi connectivity index (χ4n) is 2.03. The van der Waals surface area contributed by atoms with Crippen LogP contribution in [0.15, 0.2) is 22.8 Å². The lowest BCUT2D eigenvalue weighted by molar-refractivity contribution is 0.223. The molecule has 0 aromatic carbocycles. The van der Waals surface area contributed by atoms with Gasteiger partial charge in [0.1, 0.15) is 5.76 Å². The Morgan fingerprint density at radius 2 is 2.18 bits per heavy atom. The van der Waals surface area contributed by atoms with Crippen molar-refractivity contribution in [1.82, 2.24) is 4.90 Å². The third-order valence-corrected chi connectivity index (χ3v) is 2.94. The summed E-state index contributed by atoms with van der Waals surface area (Å²) in [5.41, 5.74) is 6.11. The second-order valence-electron chi connectivity index (χ2n) is 4.72. The Morgan fingerprint density at radius 1 is 1.35 bits per heavy atom. The molecule has 1 rings (SSSR count). The summed E-state index contributed by atoms with van der Waals surface area (Å²) in [5.74, 6) is 1.03. The van der Waals surface area contributed by atoms with E-state index in [0.717, 1.165) is 38.2 Å². The maximum absolute atomic E-state index is 6.11. The molecule has 2 N–H and O–H groups in total. The molecule has 0 bridgehead atoms. The quantitative estimate of drug-likeness (QED) is 0.719. The molecule has 0 aliphatic rings. The Morgan fingerprint density at radius 3 is 2.76 bits per heavy atom. The molecule has 0 aliphatic carbocycles. The standard InChI is InChI=1S/C14H26N2O/c1-3-5-9-16(11-13(15)7-4-2)12-14-8-6-10-17-14/h6,8,10,13H,3-5,7,9,11-12,15H2,1-2H3/t13-/m1/s1. The van der Waals surface area contributed by atoms with E-state index in [0.29, 0.717) is 0 Å². The third kappa shape index (κ3) is 5.89. The number of nitrogens with zero attached hydrogens (tertiary/aromatic N) is 1. The molecule has 0 unspecified atom stereocenters. The molecule has 0 saturated carbocycles. The molecule has 1 aromatic heterocycles. The molecule has 1 heterocycles. The fourth-order valence-corrected chi connectivity index (χ4v) is 2.03. The summed E-state index contributed by atoms with van der Waals surface area (Å²) in [6, 6.07) is 4.26. The van der Waals surface area contributed by atoms with Gasteiger partial charge in [-0.15, -0.1) is 0 Å². The average molecular weight is 238 g/mol. The second kappa shape index (κ2) is 8.31. The van der Waals surface area contributed by atoms with Crippen LogP contribution in [-0.2, 0) is 6.54 Å². The van der Waals surface area contributed by atoms with Crippen molar-refractivity contribution >= 4 is 0 Å². The molecule has 0 spiro atoms. The van der Waals surface area contributed by atoms with Gasteiger partial charge in [0.2, 0.25) is 0 Å². The number of rotatable bonds is 9. The Hall–Kier alpha value is -0.800. The van der Waals surface area contributed by atoms with E-state index in [-0.39, 0.29) is 6.04 Å². The SMILES string of the molecule is CCCCN(Cc1ccco1)C[C@H](N)CCC. The lowest BCUT2D eigenvalue weighted by Gasteiger charge is -2.24. The van der Waals surface area contributed by atoms with E-state index in [1.807, 2.05) is 12.1 Å². The second-order valence-corrected chi connectivity index (χ2v) is 4.72. The summed E-state index contributed by atoms with van der Waals surface area (Å²) in [5, 5.41) is 0. The molecule has 0 aliphatic heterocycles. The maximum atomic E-state index is 6.11. The van der Waals surface area contributed by atoms with E-state index in [1.54, 1.807) is 6.26 Å². The van der Waals surface area contributed by atoms with Crippen LogP contribution >= 0.6 is 0 Å². The highest BCUT2D eigenvalue weighted by Crippen LogP contribution is 2.08. The molecule has 3 nitrogen and oxygen atoms in total. The van der Waals surface area contributed by atoms with Crippen molar-refractivity contribution in [3.8, 4) is 0 Å². The molecule has 0 fully saturated rings. The van der Waals surface area contributed by atoms with Gasteiger partial charge in [-0.05, 0) is 31.5 Å². The van der Waals surface area contributed by atoms with Gasteiger partial charge < -0.3 is 10.2 Å². The molecule has 1 aromatic rings. The van der Waals surface area contributed by atoms with Crippen molar-refractivity contribution in [3.05, 3.63) is 24.2 Å². The fraction of sp³-hybridized carbons (Fsp3) is 0.714. The predicted octanol–water partition coefficient (Wildman–Crippen LogP) is 3.01. The van der Waals surface area contributed by atoms with Crippen molar-refractivity contribution in [2.24, 2.45) is 5.73 Å². The van der Waals surface area contributed by atoms with Gasteiger partial charge in [-0.1, -0.05) is 26.7 Å². The smallest absolute Gasteiger partial charge is 0.117 e. The van der Waals surface area contributed by atoms with E-state index in [9.17, 15) is 0 Å². The number of hydrogen-bond donors (Lipinski definition) is 1. The van der Waals surface area contributed by atoms with Gasteiger partial charge in [0.15, 0.2) is 0 Å². The highest BCUT2D eigenvalue weighted by molar-refractivity contribution is 4.98. The van der Waals surface area contributed by atoms with Gasteiger partial charge in [0.25, 0.3) is 0 Å². The Labute approximate surface area is 105 Å². The van der Waals surface area contributed by atoms with Crippen molar-refractivity contribution in [2.45, 2.75) is 52.1 Å². The van der Waals surface area contributed by atoms with Crippen molar-refractivity contribution in [2.75, 3.05) is 13.1 Å². The molecular formula is C14H26N2O. The van der Waals surface area contributed by atoms with Gasteiger partial charge in [-0.25, -0.2) is 0 Å². The van der Waals surface area contributed by atoms with E-state index >= 15 is 0 Å². The summed E-state index contributed by atoms with van der Waals surface area (Å²) in [6.45, 7) is 7.35. The van der Waals surface area contributed by atoms with E-state index in [1.165, 1.54) is 12.8 Å². The molecular weight excluding hydrogens is 212 g/mol. The van der Waals surface area contributed by atoms with Crippen LogP contribution in [0.5, 0.6) is 0 Å². The predicted molar refractivity (Wildman–Crippen MR) is 71.8 cm³/mol. The maximum Gasteiger partial charge on any atom is 0.117 e. The van der Waals surface area contributed by atoms with E-state index < -0.39 is 0 Å². The molecule has 17 heavy (non-hydrogen) atoms. The van der Waals surface area contributed by atoms with E-state index in [4.69, 9.17) is 10.2 Å². The molecule has 0 radical (unpaired) electrons. The van der Waals surface area contributed by atoms with Crippen molar-refractivity contribution in [3.63, 3.8) is 0 Å². The molecule has 3 heteroatoms. The van der Waals surface area contributed by atoms with Crippen molar-refractivity contribution < 1.29 is 4.42 Å². The lowest BCUT2D eigenvalue weighted by atomic mass is 10.1. The normalized spacial score (nSPS) is 13.2. The van der Waals surface area contributed by atoms with Crippen LogP contribution in [0.3, 0.4) is 0 Å². The Kier molecular flexibility index (Phi) is 6.97. The number of hydrogen-bond acceptors (Lipinski definition) is 3. The van der Waals surface area contributed by atoms with Crippen LogP contribution < -0.4 is 5.73 Å². The first-order chi connectivity index (χ1) is 8.26. The van der Waals surface area contributed by atoms with Gasteiger partial charge in [0, 0.05) is 12.6 Å². The summed E-state index contributed by atoms with van der Waals surface area (Å²) in [7, 11) is 0. The lowest BCUT2D eigenvalue weighted by Crippen LogP contribution is -2.37. The Bertz CT molecular complexity index is 272. The average Bonchev–Trinajstić information content (AvgIpc) is 2.79. The van der Waals surface area contributed by atoms with Gasteiger partial charge in [0.05, 0.1) is 12.8 Å². The zero-order valence-corrected chi connectivity index (χ0v) is 11.2. The van der Waals surface area contributed by atoms with Crippen LogP contribution in [0.4, 0.5) is 0 Å². The summed E-state index contributed by atoms with van der Waals surface area (Å²) < 4.78 is 5.40. The van der Waals surface area contributed by atoms with Crippen LogP contribution in [-0.4, -0.2) is 24.0 Å². The minimum absolute atomic E-state index is 0.284. The van der Waals surface area contributed by atoms with Crippen LogP contribution in [0.2, 0.25) is 0 Å². The van der Waals surface area contributed by atoms with Crippen LogP contribution in [0.25, 0.3) is 0 Å². The zero-order valence-electron chi connectivity index (χ0n) is 11.2. The molecule has 1 atom stereocenters. The van der Waals surface area contributed by atoms with E-state index in [2.05, 4.69) is 18.7 Å². The highest BCUT2D eigenvalue weighted by Gasteiger charge is 2.11. The summed E-state index contributed by atoms with van der Waals surface area (Å²) >= 11 is 0. The largest absolute Gasteiger partial charge is 0.468 e. The van der Waals surface area contributed by atoms with Crippen molar-refractivity contribution in [1.29, 1.82) is 0 Å². The third-order valence-electron chi connectivity index (χ3n) is 2.94. The molecule has 0 saturated heterocycles. The number of nitrogens with two attached hydrogens (primary N) is 1. The van der Waals surface area contributed by atoms with Crippen LogP contribution in [0.1, 0.15) is 45.3 Å². The first kappa shape index (κ1) is 14.3. The monoisotopic (exact) mass is 238 g/mol. The summed E-state index contributed by atoms with van der Waals surface area (Å²) in [6.07, 6.45) is 6.43. The highest BCUT2D eigenvalue weighted by atomic mass is 16.3. The van der Waals surface area contributed by atoms with Gasteiger partial charge in [-0.3, -0.25) is 4.90 Å². The number of furan rings is 1. The minimum Gasteiger partial charge on any atom is -0.468 e. The van der Waals surface area contributed by atoms with Gasteiger partial charge >= 0.3 is 0 Å². The Balaban J connectivity index is 2.42. The topological polar surface area (TPSA) is 42.4 Å².